The van der Waals surface area contributed by atoms with Crippen LogP contribution in [0.4, 0.5) is 0 Å². The van der Waals surface area contributed by atoms with Crippen LogP contribution in [0.5, 0.6) is 0 Å². The number of hydrogen-bond acceptors (Lipinski definition) is 2. The lowest BCUT2D eigenvalue weighted by molar-refractivity contribution is -0.127. The van der Waals surface area contributed by atoms with Crippen molar-refractivity contribution in [3.63, 3.8) is 0 Å². The Hall–Kier alpha value is -1.57. The summed E-state index contributed by atoms with van der Waals surface area (Å²) in [6, 6.07) is 10.0. The first-order valence-corrected chi connectivity index (χ1v) is 6.58. The number of carbonyl (C=O) groups excluding carboxylic acids is 1. The van der Waals surface area contributed by atoms with Gasteiger partial charge in [0.05, 0.1) is 0 Å². The van der Waals surface area contributed by atoms with Crippen LogP contribution in [0.25, 0.3) is 0 Å². The summed E-state index contributed by atoms with van der Waals surface area (Å²) in [5.41, 5.74) is 1.47. The number of rotatable bonds is 3. The fraction of sp³-hybridized carbons (Fsp3) is 0.438. The Morgan fingerprint density at radius 1 is 1.17 bits per heavy atom. The molecule has 2 heteroatoms. The van der Waals surface area contributed by atoms with Gasteiger partial charge in [-0.25, -0.2) is 0 Å². The molecule has 0 heterocycles. The third-order valence-corrected chi connectivity index (χ3v) is 4.42. The average Bonchev–Trinajstić information content (AvgIpc) is 2.61. The molecule has 1 unspecified atom stereocenters. The van der Waals surface area contributed by atoms with Crippen LogP contribution in [0, 0.1) is 5.41 Å². The molecule has 2 nitrogen and oxygen atoms in total. The summed E-state index contributed by atoms with van der Waals surface area (Å²) in [4.78, 5) is 12.4. The van der Waals surface area contributed by atoms with Gasteiger partial charge in [0.1, 0.15) is 0 Å². The van der Waals surface area contributed by atoms with Gasteiger partial charge in [-0.2, -0.15) is 0 Å². The zero-order valence-corrected chi connectivity index (χ0v) is 11.2. The van der Waals surface area contributed by atoms with Gasteiger partial charge in [0, 0.05) is 11.3 Å². The lowest BCUT2D eigenvalue weighted by Crippen LogP contribution is -2.32. The zero-order chi connectivity index (χ0) is 13.3. The standard InChI is InChI=1S/C16H20O2/c1-4-16(5-2)13(11(3)14(17)15(16)18)12-9-7-6-8-10-12/h6-10,13,17H,4-5H2,1-3H3. The molecule has 0 saturated carbocycles. The monoisotopic (exact) mass is 244 g/mol. The Morgan fingerprint density at radius 2 is 1.72 bits per heavy atom. The van der Waals surface area contributed by atoms with Crippen LogP contribution < -0.4 is 0 Å². The normalized spacial score (nSPS) is 22.6. The molecule has 0 fully saturated rings. The molecule has 1 aliphatic carbocycles. The largest absolute Gasteiger partial charge is 0.504 e. The molecular formula is C16H20O2. The highest BCUT2D eigenvalue weighted by molar-refractivity contribution is 6.02. The highest BCUT2D eigenvalue weighted by Gasteiger charge is 2.51. The fourth-order valence-electron chi connectivity index (χ4n) is 3.29. The maximum Gasteiger partial charge on any atom is 0.204 e. The molecule has 0 radical (unpaired) electrons. The molecular weight excluding hydrogens is 224 g/mol. The van der Waals surface area contributed by atoms with E-state index in [0.29, 0.717) is 0 Å². The maximum absolute atomic E-state index is 12.4. The number of carbonyl (C=O) groups is 1. The van der Waals surface area contributed by atoms with E-state index in [4.69, 9.17) is 0 Å². The van der Waals surface area contributed by atoms with E-state index in [0.717, 1.165) is 24.0 Å². The summed E-state index contributed by atoms with van der Waals surface area (Å²) in [5.74, 6) is -0.0902. The highest BCUT2D eigenvalue weighted by atomic mass is 16.3. The Kier molecular flexibility index (Phi) is 3.29. The predicted molar refractivity (Wildman–Crippen MR) is 72.5 cm³/mol. The molecule has 1 aromatic rings. The van der Waals surface area contributed by atoms with E-state index in [9.17, 15) is 9.90 Å². The van der Waals surface area contributed by atoms with Crippen molar-refractivity contribution < 1.29 is 9.90 Å². The number of hydrogen-bond donors (Lipinski definition) is 1. The molecule has 0 bridgehead atoms. The molecule has 1 aliphatic rings. The van der Waals surface area contributed by atoms with Crippen molar-refractivity contribution in [3.05, 3.63) is 47.2 Å². The summed E-state index contributed by atoms with van der Waals surface area (Å²) in [6.07, 6.45) is 1.51. The Morgan fingerprint density at radius 3 is 2.22 bits per heavy atom. The van der Waals surface area contributed by atoms with E-state index in [1.807, 2.05) is 51.1 Å². The van der Waals surface area contributed by atoms with Crippen LogP contribution in [0.3, 0.4) is 0 Å². The minimum atomic E-state index is -0.463. The summed E-state index contributed by atoms with van der Waals surface area (Å²) in [6.45, 7) is 5.93. The first-order chi connectivity index (χ1) is 8.58. The minimum absolute atomic E-state index is 0.0150. The maximum atomic E-state index is 12.4. The molecule has 1 atom stereocenters. The van der Waals surface area contributed by atoms with Gasteiger partial charge in [-0.05, 0) is 30.9 Å². The van der Waals surface area contributed by atoms with Gasteiger partial charge in [0.25, 0.3) is 0 Å². The van der Waals surface area contributed by atoms with E-state index < -0.39 is 5.41 Å². The molecule has 18 heavy (non-hydrogen) atoms. The Balaban J connectivity index is 2.58. The summed E-state index contributed by atoms with van der Waals surface area (Å²) in [5, 5.41) is 10.0. The second-order valence-electron chi connectivity index (χ2n) is 5.07. The summed E-state index contributed by atoms with van der Waals surface area (Å²) in [7, 11) is 0. The number of allylic oxidation sites excluding steroid dienone is 2. The second-order valence-corrected chi connectivity index (χ2v) is 5.07. The van der Waals surface area contributed by atoms with Crippen LogP contribution in [0.2, 0.25) is 0 Å². The molecule has 1 N–H and O–H groups in total. The SMILES string of the molecule is CCC1(CC)C(=O)C(O)=C(C)C1c1ccccc1. The predicted octanol–water partition coefficient (Wildman–Crippen LogP) is 3.99. The van der Waals surface area contributed by atoms with Crippen molar-refractivity contribution in [1.29, 1.82) is 0 Å². The number of ketones is 1. The topological polar surface area (TPSA) is 37.3 Å². The minimum Gasteiger partial charge on any atom is -0.504 e. The zero-order valence-electron chi connectivity index (χ0n) is 11.2. The Bertz CT molecular complexity index is 481. The lowest BCUT2D eigenvalue weighted by atomic mass is 9.68. The van der Waals surface area contributed by atoms with Crippen molar-refractivity contribution in [3.8, 4) is 0 Å². The average molecular weight is 244 g/mol. The number of aliphatic hydroxyl groups is 1. The van der Waals surface area contributed by atoms with Gasteiger partial charge in [-0.1, -0.05) is 44.2 Å². The molecule has 1 aromatic carbocycles. The van der Waals surface area contributed by atoms with Gasteiger partial charge in [0.2, 0.25) is 5.78 Å². The molecule has 0 saturated heterocycles. The first kappa shape index (κ1) is 12.9. The smallest absolute Gasteiger partial charge is 0.204 e. The molecule has 0 aliphatic heterocycles. The quantitative estimate of drug-likeness (QED) is 0.872. The number of aliphatic hydroxyl groups excluding tert-OH is 1. The van der Waals surface area contributed by atoms with Crippen molar-refractivity contribution >= 4 is 5.78 Å². The van der Waals surface area contributed by atoms with Crippen LogP contribution in [0.15, 0.2) is 41.7 Å². The highest BCUT2D eigenvalue weighted by Crippen LogP contribution is 2.53. The number of benzene rings is 1. The van der Waals surface area contributed by atoms with E-state index in [1.54, 1.807) is 0 Å². The van der Waals surface area contributed by atoms with Gasteiger partial charge >= 0.3 is 0 Å². The van der Waals surface area contributed by atoms with Crippen molar-refractivity contribution in [2.24, 2.45) is 5.41 Å². The molecule has 0 spiro atoms. The van der Waals surface area contributed by atoms with E-state index in [1.165, 1.54) is 0 Å². The molecule has 0 aromatic heterocycles. The second kappa shape index (κ2) is 4.60. The lowest BCUT2D eigenvalue weighted by Gasteiger charge is -2.33. The van der Waals surface area contributed by atoms with Crippen molar-refractivity contribution in [2.45, 2.75) is 39.5 Å². The molecule has 96 valence electrons. The summed E-state index contributed by atoms with van der Waals surface area (Å²) < 4.78 is 0. The van der Waals surface area contributed by atoms with E-state index >= 15 is 0 Å². The Labute approximate surface area is 108 Å². The van der Waals surface area contributed by atoms with Crippen LogP contribution >= 0.6 is 0 Å². The van der Waals surface area contributed by atoms with Crippen molar-refractivity contribution in [2.75, 3.05) is 0 Å². The molecule has 0 amide bonds. The summed E-state index contributed by atoms with van der Waals surface area (Å²) >= 11 is 0. The van der Waals surface area contributed by atoms with Gasteiger partial charge in [-0.15, -0.1) is 0 Å². The van der Waals surface area contributed by atoms with Gasteiger partial charge < -0.3 is 5.11 Å². The van der Waals surface area contributed by atoms with Crippen LogP contribution in [0.1, 0.15) is 45.1 Å². The third-order valence-electron chi connectivity index (χ3n) is 4.42. The fourth-order valence-corrected chi connectivity index (χ4v) is 3.29. The van der Waals surface area contributed by atoms with Gasteiger partial charge in [0.15, 0.2) is 5.76 Å². The van der Waals surface area contributed by atoms with E-state index in [2.05, 4.69) is 0 Å². The molecule has 2 rings (SSSR count). The van der Waals surface area contributed by atoms with Crippen LogP contribution in [-0.2, 0) is 4.79 Å². The third kappa shape index (κ3) is 1.59. The van der Waals surface area contributed by atoms with Gasteiger partial charge in [-0.3, -0.25) is 4.79 Å². The first-order valence-electron chi connectivity index (χ1n) is 6.58. The van der Waals surface area contributed by atoms with E-state index in [-0.39, 0.29) is 17.5 Å². The number of Topliss-reactive ketones (excluding diaryl/α,β-unsaturated/α-hetero) is 1. The van der Waals surface area contributed by atoms with Crippen molar-refractivity contribution in [1.82, 2.24) is 0 Å². The van der Waals surface area contributed by atoms with Crippen LogP contribution in [-0.4, -0.2) is 10.9 Å².